The van der Waals surface area contributed by atoms with Crippen LogP contribution in [0.15, 0.2) is 12.7 Å². The molecule has 0 radical (unpaired) electrons. The van der Waals surface area contributed by atoms with Crippen molar-refractivity contribution in [2.24, 2.45) is 0 Å². The van der Waals surface area contributed by atoms with Crippen LogP contribution in [0.2, 0.25) is 0 Å². The molecule has 0 amide bonds. The van der Waals surface area contributed by atoms with Gasteiger partial charge in [-0.2, -0.15) is 22.0 Å². The number of carbonyl (C=O) groups excluding carboxylic acids is 1. The number of unbranched alkanes of at least 4 members (excludes halogenated alkanes) is 3. The molecule has 11 heteroatoms. The molecule has 0 aromatic carbocycles. The van der Waals surface area contributed by atoms with Crippen molar-refractivity contribution in [3.8, 4) is 0 Å². The summed E-state index contributed by atoms with van der Waals surface area (Å²) >= 11 is 0. The average molecular weight is 402 g/mol. The third-order valence-electron chi connectivity index (χ3n) is 3.26. The molecule has 0 saturated heterocycles. The van der Waals surface area contributed by atoms with Crippen molar-refractivity contribution in [1.82, 2.24) is 0 Å². The fourth-order valence-corrected chi connectivity index (χ4v) is 2.03. The molecule has 0 spiro atoms. The van der Waals surface area contributed by atoms with Gasteiger partial charge in [-0.3, -0.25) is 0 Å². The van der Waals surface area contributed by atoms with Crippen LogP contribution in [-0.2, 0) is 9.53 Å². The van der Waals surface area contributed by atoms with Gasteiger partial charge in [0.1, 0.15) is 0 Å². The molecular formula is C15H19F9O2. The van der Waals surface area contributed by atoms with Crippen molar-refractivity contribution >= 4 is 5.97 Å². The Hall–Kier alpha value is -1.42. The lowest BCUT2D eigenvalue weighted by atomic mass is 9.98. The highest BCUT2D eigenvalue weighted by Crippen LogP contribution is 2.46. The van der Waals surface area contributed by atoms with Gasteiger partial charge in [0.05, 0.1) is 19.4 Å². The van der Waals surface area contributed by atoms with Crippen LogP contribution in [-0.4, -0.2) is 36.5 Å². The van der Waals surface area contributed by atoms with Gasteiger partial charge < -0.3 is 4.74 Å². The second kappa shape index (κ2) is 9.50. The van der Waals surface area contributed by atoms with Crippen LogP contribution in [0, 0.1) is 0 Å². The van der Waals surface area contributed by atoms with E-state index in [1.54, 1.807) is 0 Å². The van der Waals surface area contributed by atoms with E-state index in [1.807, 2.05) is 0 Å². The van der Waals surface area contributed by atoms with Gasteiger partial charge in [-0.15, -0.1) is 0 Å². The molecule has 0 aliphatic carbocycles. The highest BCUT2D eigenvalue weighted by atomic mass is 19.4. The molecule has 2 nitrogen and oxygen atoms in total. The third-order valence-corrected chi connectivity index (χ3v) is 3.26. The van der Waals surface area contributed by atoms with Crippen LogP contribution in [0.4, 0.5) is 39.5 Å². The van der Waals surface area contributed by atoms with Gasteiger partial charge in [0.25, 0.3) is 11.8 Å². The summed E-state index contributed by atoms with van der Waals surface area (Å²) < 4.78 is 119. The molecule has 0 unspecified atom stereocenters. The number of alkyl halides is 9. The zero-order valence-electron chi connectivity index (χ0n) is 13.7. The van der Waals surface area contributed by atoms with Gasteiger partial charge in [-0.25, -0.2) is 22.4 Å². The molecule has 0 heterocycles. The predicted octanol–water partition coefficient (Wildman–Crippen LogP) is 5.91. The lowest BCUT2D eigenvalue weighted by molar-refractivity contribution is -0.304. The van der Waals surface area contributed by atoms with Gasteiger partial charge in [-0.1, -0.05) is 19.4 Å². The lowest BCUT2D eigenvalue weighted by Crippen LogP contribution is -2.43. The van der Waals surface area contributed by atoms with E-state index >= 15 is 0 Å². The van der Waals surface area contributed by atoms with Crippen LogP contribution in [0.1, 0.15) is 44.9 Å². The zero-order valence-corrected chi connectivity index (χ0v) is 13.7. The topological polar surface area (TPSA) is 26.3 Å². The van der Waals surface area contributed by atoms with E-state index in [-0.39, 0.29) is 19.4 Å². The first-order chi connectivity index (χ1) is 11.6. The van der Waals surface area contributed by atoms with E-state index in [0.29, 0.717) is 12.8 Å². The van der Waals surface area contributed by atoms with Crippen LogP contribution in [0.25, 0.3) is 0 Å². The number of carbonyl (C=O) groups is 1. The molecule has 0 aromatic rings. The molecule has 0 saturated carbocycles. The van der Waals surface area contributed by atoms with Crippen molar-refractivity contribution in [2.45, 2.75) is 68.9 Å². The highest BCUT2D eigenvalue weighted by Gasteiger charge is 2.62. The summed E-state index contributed by atoms with van der Waals surface area (Å²) in [6.45, 7) is 3.17. The van der Waals surface area contributed by atoms with Crippen LogP contribution in [0.3, 0.4) is 0 Å². The molecule has 0 N–H and O–H groups in total. The highest BCUT2D eigenvalue weighted by molar-refractivity contribution is 5.81. The summed E-state index contributed by atoms with van der Waals surface area (Å²) in [4.78, 5) is 10.7. The van der Waals surface area contributed by atoms with Crippen LogP contribution < -0.4 is 0 Å². The number of esters is 1. The fraction of sp³-hybridized carbons (Fsp3) is 0.800. The predicted molar refractivity (Wildman–Crippen MR) is 74.4 cm³/mol. The van der Waals surface area contributed by atoms with Crippen molar-refractivity contribution in [2.75, 3.05) is 6.61 Å². The summed E-state index contributed by atoms with van der Waals surface area (Å²) in [5, 5.41) is 0. The number of halogens is 9. The molecule has 0 fully saturated rings. The van der Waals surface area contributed by atoms with E-state index in [1.165, 1.54) is 0 Å². The normalized spacial score (nSPS) is 13.6. The van der Waals surface area contributed by atoms with Gasteiger partial charge in [0, 0.05) is 12.5 Å². The zero-order chi connectivity index (χ0) is 20.6. The molecule has 0 bridgehead atoms. The second-order valence-electron chi connectivity index (χ2n) is 5.80. The number of ether oxygens (including phenoxy) is 1. The Morgan fingerprint density at radius 3 is 1.85 bits per heavy atom. The molecule has 0 rings (SSSR count). The molecule has 154 valence electrons. The maximum Gasteiger partial charge on any atom is 0.453 e. The smallest absolute Gasteiger partial charge is 0.453 e. The Morgan fingerprint density at radius 1 is 0.808 bits per heavy atom. The number of hydrogen-bond acceptors (Lipinski definition) is 2. The number of rotatable bonds is 12. The minimum Gasteiger partial charge on any atom is -0.463 e. The summed E-state index contributed by atoms with van der Waals surface area (Å²) in [6, 6.07) is 0. The van der Waals surface area contributed by atoms with E-state index in [9.17, 15) is 44.3 Å². The second-order valence-corrected chi connectivity index (χ2v) is 5.80. The first-order valence-corrected chi connectivity index (χ1v) is 7.61. The molecule has 0 aliphatic rings. The van der Waals surface area contributed by atoms with Crippen LogP contribution in [0.5, 0.6) is 0 Å². The summed E-state index contributed by atoms with van der Waals surface area (Å²) in [5.41, 5.74) is 0. The minimum absolute atomic E-state index is 0.0197. The van der Waals surface area contributed by atoms with Gasteiger partial charge in [0.15, 0.2) is 0 Å². The monoisotopic (exact) mass is 402 g/mol. The summed E-state index contributed by atoms with van der Waals surface area (Å²) in [6.07, 6.45) is -11.2. The first-order valence-electron chi connectivity index (χ1n) is 7.61. The van der Waals surface area contributed by atoms with E-state index in [4.69, 9.17) is 0 Å². The summed E-state index contributed by atoms with van der Waals surface area (Å²) in [5.74, 6) is -15.4. The average Bonchev–Trinajstić information content (AvgIpc) is 2.42. The SMILES string of the molecule is C=CC(=O)OCCCCCCC(F)(F)CC(F)(F)CC(F)(F)C(F)(F)F. The van der Waals surface area contributed by atoms with E-state index < -0.39 is 49.2 Å². The van der Waals surface area contributed by atoms with Gasteiger partial charge in [-0.05, 0) is 12.8 Å². The molecule has 0 atom stereocenters. The standard InChI is InChI=1S/C15H19F9O2/c1-2-11(25)26-8-6-4-3-5-7-12(16,17)9-13(18,19)10-14(20,21)15(22,23)24/h2H,1,3-10H2. The molecule has 0 aliphatic heterocycles. The largest absolute Gasteiger partial charge is 0.463 e. The Bertz CT molecular complexity index is 459. The van der Waals surface area contributed by atoms with E-state index in [0.717, 1.165) is 6.08 Å². The van der Waals surface area contributed by atoms with Crippen molar-refractivity contribution in [3.63, 3.8) is 0 Å². The Morgan fingerprint density at radius 2 is 1.35 bits per heavy atom. The van der Waals surface area contributed by atoms with E-state index in [2.05, 4.69) is 11.3 Å². The summed E-state index contributed by atoms with van der Waals surface area (Å²) in [7, 11) is 0. The van der Waals surface area contributed by atoms with Crippen molar-refractivity contribution in [3.05, 3.63) is 12.7 Å². The third kappa shape index (κ3) is 9.91. The Balaban J connectivity index is 4.26. The number of hydrogen-bond donors (Lipinski definition) is 0. The fourth-order valence-electron chi connectivity index (χ4n) is 2.03. The van der Waals surface area contributed by atoms with Crippen molar-refractivity contribution in [1.29, 1.82) is 0 Å². The first kappa shape index (κ1) is 24.6. The van der Waals surface area contributed by atoms with Gasteiger partial charge >= 0.3 is 18.1 Å². The quantitative estimate of drug-likeness (QED) is 0.175. The Labute approximate surface area is 144 Å². The molecular weight excluding hydrogens is 383 g/mol. The maximum atomic E-state index is 13.4. The lowest BCUT2D eigenvalue weighted by Gasteiger charge is -2.27. The Kier molecular flexibility index (Phi) is 8.98. The van der Waals surface area contributed by atoms with Crippen LogP contribution >= 0.6 is 0 Å². The van der Waals surface area contributed by atoms with Gasteiger partial charge in [0.2, 0.25) is 0 Å². The molecule has 0 aromatic heterocycles. The maximum absolute atomic E-state index is 13.4. The molecule has 26 heavy (non-hydrogen) atoms. The van der Waals surface area contributed by atoms with Crippen molar-refractivity contribution < 1.29 is 49.0 Å². The minimum atomic E-state index is -6.24.